The van der Waals surface area contributed by atoms with E-state index in [1.165, 1.54) is 7.11 Å². The number of amides is 2. The maximum atomic E-state index is 12.0. The molecule has 172 valence electrons. The number of hydrogen-bond acceptors (Lipinski definition) is 5. The molecule has 2 fully saturated rings. The van der Waals surface area contributed by atoms with Gasteiger partial charge in [0.05, 0.1) is 13.5 Å². The van der Waals surface area contributed by atoms with Crippen LogP contribution in [0.5, 0.6) is 0 Å². The molecule has 1 aromatic carbocycles. The molecule has 1 aromatic rings. The third-order valence-electron chi connectivity index (χ3n) is 5.08. The van der Waals surface area contributed by atoms with Gasteiger partial charge >= 0.3 is 12.1 Å². The fourth-order valence-corrected chi connectivity index (χ4v) is 4.08. The van der Waals surface area contributed by atoms with E-state index in [2.05, 4.69) is 10.1 Å². The van der Waals surface area contributed by atoms with Crippen molar-refractivity contribution in [2.45, 2.75) is 45.6 Å². The van der Waals surface area contributed by atoms with Crippen molar-refractivity contribution in [1.29, 1.82) is 0 Å². The van der Waals surface area contributed by atoms with E-state index in [1.807, 2.05) is 26.8 Å². The van der Waals surface area contributed by atoms with Crippen LogP contribution in [0.3, 0.4) is 0 Å². The molecule has 2 amide bonds. The number of carbonyl (C=O) groups is 3. The summed E-state index contributed by atoms with van der Waals surface area (Å²) in [5.74, 6) is -0.369. The summed E-state index contributed by atoms with van der Waals surface area (Å²) in [5.41, 5.74) is -0.400. The average molecular weight is 473 g/mol. The van der Waals surface area contributed by atoms with Crippen molar-refractivity contribution in [3.8, 4) is 0 Å². The van der Waals surface area contributed by atoms with Crippen LogP contribution in [0.2, 0.25) is 10.0 Å². The number of benzene rings is 1. The number of methoxy groups -OCH3 is 1. The quantitative estimate of drug-likeness (QED) is 0.659. The molecule has 2 aliphatic rings. The van der Waals surface area contributed by atoms with Crippen LogP contribution >= 0.6 is 23.2 Å². The van der Waals surface area contributed by atoms with Gasteiger partial charge in [-0.15, -0.1) is 0 Å². The maximum Gasteiger partial charge on any atom is 0.410 e. The molecule has 0 bridgehead atoms. The molecule has 0 radical (unpaired) electrons. The van der Waals surface area contributed by atoms with Crippen LogP contribution in [0.4, 0.5) is 4.79 Å². The SMILES string of the molecule is COC(=O)CCNC(=O)C1CC2(C1)CN(C(=O)OC(C)(C)C)C2.Clc1cccc(Cl)c1. The van der Waals surface area contributed by atoms with Crippen molar-refractivity contribution in [3.05, 3.63) is 34.3 Å². The van der Waals surface area contributed by atoms with Crippen molar-refractivity contribution in [3.63, 3.8) is 0 Å². The molecular formula is C22H30Cl2N2O5. The van der Waals surface area contributed by atoms with Gasteiger partial charge in [-0.2, -0.15) is 0 Å². The number of ether oxygens (including phenoxy) is 2. The minimum atomic E-state index is -0.485. The summed E-state index contributed by atoms with van der Waals surface area (Å²) in [6, 6.07) is 7.08. The summed E-state index contributed by atoms with van der Waals surface area (Å²) in [4.78, 5) is 36.5. The summed E-state index contributed by atoms with van der Waals surface area (Å²) in [6.07, 6.45) is 1.48. The maximum absolute atomic E-state index is 12.0. The van der Waals surface area contributed by atoms with Gasteiger partial charge in [-0.25, -0.2) is 4.79 Å². The predicted octanol–water partition coefficient (Wildman–Crippen LogP) is 4.31. The zero-order chi connectivity index (χ0) is 23.2. The Bertz CT molecular complexity index is 778. The van der Waals surface area contributed by atoms with Crippen LogP contribution in [0.1, 0.15) is 40.0 Å². The van der Waals surface area contributed by atoms with Crippen LogP contribution in [-0.4, -0.2) is 55.2 Å². The first kappa shape index (κ1) is 25.3. The predicted molar refractivity (Wildman–Crippen MR) is 119 cm³/mol. The molecule has 7 nitrogen and oxygen atoms in total. The van der Waals surface area contributed by atoms with E-state index in [9.17, 15) is 14.4 Å². The lowest BCUT2D eigenvalue weighted by Crippen LogP contribution is -2.65. The molecular weight excluding hydrogens is 443 g/mol. The molecule has 9 heteroatoms. The Morgan fingerprint density at radius 3 is 2.19 bits per heavy atom. The van der Waals surface area contributed by atoms with Crippen LogP contribution in [-0.2, 0) is 19.1 Å². The summed E-state index contributed by atoms with van der Waals surface area (Å²) in [5, 5.41) is 4.11. The Morgan fingerprint density at radius 1 is 1.16 bits per heavy atom. The molecule has 1 aliphatic carbocycles. The van der Waals surface area contributed by atoms with Crippen molar-refractivity contribution < 1.29 is 23.9 Å². The lowest BCUT2D eigenvalue weighted by atomic mass is 9.57. The van der Waals surface area contributed by atoms with Crippen molar-refractivity contribution in [2.75, 3.05) is 26.7 Å². The fraction of sp³-hybridized carbons (Fsp3) is 0.591. The monoisotopic (exact) mass is 472 g/mol. The van der Waals surface area contributed by atoms with E-state index in [0.29, 0.717) is 29.7 Å². The minimum Gasteiger partial charge on any atom is -0.469 e. The van der Waals surface area contributed by atoms with Crippen molar-refractivity contribution in [1.82, 2.24) is 10.2 Å². The molecule has 1 saturated heterocycles. The van der Waals surface area contributed by atoms with Crippen LogP contribution in [0.25, 0.3) is 0 Å². The standard InChI is InChI=1S/C16H26N2O5.C6H4Cl2/c1-15(2,3)23-14(21)18-9-16(10-18)7-11(8-16)13(20)17-6-5-12(19)22-4;7-5-2-1-3-6(8)4-5/h11H,5-10H2,1-4H3,(H,17,20);1-4H. The lowest BCUT2D eigenvalue weighted by Gasteiger charge is -2.58. The normalized spacial score (nSPS) is 16.9. The van der Waals surface area contributed by atoms with Crippen LogP contribution < -0.4 is 5.32 Å². The van der Waals surface area contributed by atoms with Gasteiger partial charge in [0.15, 0.2) is 0 Å². The first-order valence-corrected chi connectivity index (χ1v) is 10.9. The highest BCUT2D eigenvalue weighted by Crippen LogP contribution is 2.52. The molecule has 1 spiro atoms. The van der Waals surface area contributed by atoms with Gasteiger partial charge < -0.3 is 19.7 Å². The number of esters is 1. The number of halogens is 2. The van der Waals surface area contributed by atoms with E-state index in [4.69, 9.17) is 27.9 Å². The molecule has 31 heavy (non-hydrogen) atoms. The Hall–Kier alpha value is -1.99. The Balaban J connectivity index is 0.000000357. The Kier molecular flexibility index (Phi) is 8.60. The van der Waals surface area contributed by atoms with E-state index in [-0.39, 0.29) is 35.7 Å². The molecule has 3 rings (SSSR count). The summed E-state index contributed by atoms with van der Waals surface area (Å²) in [6.45, 7) is 7.16. The highest BCUT2D eigenvalue weighted by molar-refractivity contribution is 6.34. The minimum absolute atomic E-state index is 0.0183. The number of nitrogens with one attached hydrogen (secondary N) is 1. The summed E-state index contributed by atoms with van der Waals surface area (Å²) in [7, 11) is 1.33. The second-order valence-electron chi connectivity index (χ2n) is 9.00. The number of hydrogen-bond donors (Lipinski definition) is 1. The highest BCUT2D eigenvalue weighted by Gasteiger charge is 2.56. The van der Waals surface area contributed by atoms with Gasteiger partial charge in [-0.05, 0) is 51.8 Å². The van der Waals surface area contributed by atoms with E-state index in [1.54, 1.807) is 23.1 Å². The summed E-state index contributed by atoms with van der Waals surface area (Å²) >= 11 is 11.1. The largest absolute Gasteiger partial charge is 0.469 e. The lowest BCUT2D eigenvalue weighted by molar-refractivity contribution is -0.143. The average Bonchev–Trinajstić information content (AvgIpc) is 2.58. The third-order valence-corrected chi connectivity index (χ3v) is 5.55. The molecule has 1 heterocycles. The number of likely N-dealkylation sites (tertiary alicyclic amines) is 1. The molecule has 0 unspecified atom stereocenters. The second-order valence-corrected chi connectivity index (χ2v) is 9.87. The van der Waals surface area contributed by atoms with E-state index < -0.39 is 5.60 Å². The second kappa shape index (κ2) is 10.6. The highest BCUT2D eigenvalue weighted by atomic mass is 35.5. The number of carbonyl (C=O) groups excluding carboxylic acids is 3. The topological polar surface area (TPSA) is 84.9 Å². The zero-order valence-electron chi connectivity index (χ0n) is 18.4. The molecule has 1 saturated carbocycles. The van der Waals surface area contributed by atoms with Gasteiger partial charge in [-0.1, -0.05) is 29.3 Å². The smallest absolute Gasteiger partial charge is 0.410 e. The number of rotatable bonds is 4. The van der Waals surface area contributed by atoms with Gasteiger partial charge in [0, 0.05) is 41.0 Å². The van der Waals surface area contributed by atoms with Crippen molar-refractivity contribution in [2.24, 2.45) is 11.3 Å². The van der Waals surface area contributed by atoms with Crippen LogP contribution in [0.15, 0.2) is 24.3 Å². The summed E-state index contributed by atoms with van der Waals surface area (Å²) < 4.78 is 9.85. The fourth-order valence-electron chi connectivity index (χ4n) is 3.64. The molecule has 1 aliphatic heterocycles. The zero-order valence-corrected chi connectivity index (χ0v) is 19.9. The molecule has 0 aromatic heterocycles. The third kappa shape index (κ3) is 7.89. The van der Waals surface area contributed by atoms with E-state index in [0.717, 1.165) is 12.8 Å². The first-order valence-electron chi connectivity index (χ1n) is 10.2. The van der Waals surface area contributed by atoms with Crippen molar-refractivity contribution >= 4 is 41.2 Å². The Labute approximate surface area is 193 Å². The van der Waals surface area contributed by atoms with Gasteiger partial charge in [-0.3, -0.25) is 9.59 Å². The van der Waals surface area contributed by atoms with Gasteiger partial charge in [0.1, 0.15) is 5.60 Å². The first-order chi connectivity index (χ1) is 14.4. The van der Waals surface area contributed by atoms with Gasteiger partial charge in [0.25, 0.3) is 0 Å². The van der Waals surface area contributed by atoms with Crippen LogP contribution in [0, 0.1) is 11.3 Å². The van der Waals surface area contributed by atoms with Gasteiger partial charge in [0.2, 0.25) is 5.91 Å². The van der Waals surface area contributed by atoms with E-state index >= 15 is 0 Å². The number of nitrogens with zero attached hydrogens (tertiary/aromatic N) is 1. The molecule has 0 atom stereocenters. The molecule has 1 N–H and O–H groups in total. The Morgan fingerprint density at radius 2 is 1.74 bits per heavy atom.